The zero-order chi connectivity index (χ0) is 14.7. The van der Waals surface area contributed by atoms with Crippen molar-refractivity contribution in [2.75, 3.05) is 10.6 Å². The third kappa shape index (κ3) is 3.54. The van der Waals surface area contributed by atoms with Crippen molar-refractivity contribution in [1.82, 2.24) is 0 Å². The van der Waals surface area contributed by atoms with Crippen LogP contribution in [-0.2, 0) is 0 Å². The van der Waals surface area contributed by atoms with Gasteiger partial charge in [-0.1, -0.05) is 6.07 Å². The van der Waals surface area contributed by atoms with E-state index in [1.165, 1.54) is 24.3 Å². The van der Waals surface area contributed by atoms with E-state index in [0.717, 1.165) is 0 Å². The minimum Gasteiger partial charge on any atom is -0.308 e. The van der Waals surface area contributed by atoms with Crippen LogP contribution in [-0.4, -0.2) is 6.03 Å². The van der Waals surface area contributed by atoms with Gasteiger partial charge in [0.2, 0.25) is 0 Å². The van der Waals surface area contributed by atoms with Crippen molar-refractivity contribution >= 4 is 33.3 Å². The molecule has 0 unspecified atom stereocenters. The summed E-state index contributed by atoms with van der Waals surface area (Å²) in [6, 6.07) is 7.71. The van der Waals surface area contributed by atoms with Gasteiger partial charge in [0, 0.05) is 11.4 Å². The van der Waals surface area contributed by atoms with Gasteiger partial charge in [-0.25, -0.2) is 13.6 Å². The maximum atomic E-state index is 13.4. The Kier molecular flexibility index (Phi) is 4.34. The van der Waals surface area contributed by atoms with E-state index in [1.54, 1.807) is 19.1 Å². The van der Waals surface area contributed by atoms with Gasteiger partial charge in [0.1, 0.15) is 11.6 Å². The Hall–Kier alpha value is -1.95. The summed E-state index contributed by atoms with van der Waals surface area (Å²) in [6.07, 6.45) is 0. The van der Waals surface area contributed by atoms with Crippen molar-refractivity contribution in [3.8, 4) is 0 Å². The largest absolute Gasteiger partial charge is 0.323 e. The maximum absolute atomic E-state index is 13.4. The van der Waals surface area contributed by atoms with E-state index in [2.05, 4.69) is 26.6 Å². The number of halogens is 3. The molecule has 0 aliphatic heterocycles. The molecule has 0 aliphatic rings. The van der Waals surface area contributed by atoms with Gasteiger partial charge in [-0.15, -0.1) is 0 Å². The number of carbonyl (C=O) groups is 1. The Morgan fingerprint density at radius 2 is 1.90 bits per heavy atom. The van der Waals surface area contributed by atoms with Gasteiger partial charge in [0.15, 0.2) is 0 Å². The van der Waals surface area contributed by atoms with Crippen molar-refractivity contribution in [1.29, 1.82) is 0 Å². The van der Waals surface area contributed by atoms with Crippen molar-refractivity contribution < 1.29 is 13.6 Å². The smallest absolute Gasteiger partial charge is 0.308 e. The maximum Gasteiger partial charge on any atom is 0.323 e. The third-order valence-corrected chi connectivity index (χ3v) is 3.21. The first-order valence-electron chi connectivity index (χ1n) is 5.75. The Bertz CT molecular complexity index is 662. The molecule has 3 nitrogen and oxygen atoms in total. The van der Waals surface area contributed by atoms with E-state index in [-0.39, 0.29) is 0 Å². The molecule has 6 heteroatoms. The standard InChI is InChI=1S/C14H11BrF2N2O/c1-8-5-11(15)12(17)7-13(8)19-14(20)18-10-4-2-3-9(16)6-10/h2-7H,1H3,(H2,18,19,20). The molecule has 0 atom stereocenters. The van der Waals surface area contributed by atoms with Crippen LogP contribution < -0.4 is 10.6 Å². The first-order chi connectivity index (χ1) is 9.45. The molecule has 0 aliphatic carbocycles. The third-order valence-electron chi connectivity index (χ3n) is 2.60. The second-order valence-corrected chi connectivity index (χ2v) is 5.03. The predicted molar refractivity (Wildman–Crippen MR) is 77.9 cm³/mol. The fraction of sp³-hybridized carbons (Fsp3) is 0.0714. The SMILES string of the molecule is Cc1cc(Br)c(F)cc1NC(=O)Nc1cccc(F)c1. The van der Waals surface area contributed by atoms with Gasteiger partial charge < -0.3 is 10.6 Å². The number of carbonyl (C=O) groups excluding carboxylic acids is 1. The quantitative estimate of drug-likeness (QED) is 0.818. The second kappa shape index (κ2) is 6.00. The molecule has 2 aromatic rings. The highest BCUT2D eigenvalue weighted by Crippen LogP contribution is 2.24. The molecule has 2 rings (SSSR count). The summed E-state index contributed by atoms with van der Waals surface area (Å²) in [6.45, 7) is 1.74. The van der Waals surface area contributed by atoms with Crippen molar-refractivity contribution in [2.24, 2.45) is 0 Å². The number of aryl methyl sites for hydroxylation is 1. The molecule has 0 saturated heterocycles. The summed E-state index contributed by atoms with van der Waals surface area (Å²) in [5.41, 5.74) is 1.37. The van der Waals surface area contributed by atoms with Crippen LogP contribution in [0.2, 0.25) is 0 Å². The zero-order valence-corrected chi connectivity index (χ0v) is 12.1. The highest BCUT2D eigenvalue weighted by atomic mass is 79.9. The Balaban J connectivity index is 2.10. The molecule has 0 aromatic heterocycles. The van der Waals surface area contributed by atoms with E-state index in [4.69, 9.17) is 0 Å². The topological polar surface area (TPSA) is 41.1 Å². The number of nitrogens with one attached hydrogen (secondary N) is 2. The highest BCUT2D eigenvalue weighted by molar-refractivity contribution is 9.10. The number of amides is 2. The van der Waals surface area contributed by atoms with Crippen LogP contribution in [0.15, 0.2) is 40.9 Å². The van der Waals surface area contributed by atoms with Gasteiger partial charge in [0.25, 0.3) is 0 Å². The number of rotatable bonds is 2. The average Bonchev–Trinajstić information content (AvgIpc) is 2.36. The lowest BCUT2D eigenvalue weighted by atomic mass is 10.2. The minimum absolute atomic E-state index is 0.317. The van der Waals surface area contributed by atoms with Gasteiger partial charge in [-0.3, -0.25) is 0 Å². The molecule has 104 valence electrons. The molecule has 2 amide bonds. The highest BCUT2D eigenvalue weighted by Gasteiger charge is 2.09. The number of hydrogen-bond donors (Lipinski definition) is 2. The Morgan fingerprint density at radius 1 is 1.15 bits per heavy atom. The lowest BCUT2D eigenvalue weighted by molar-refractivity contribution is 0.262. The minimum atomic E-state index is -0.569. The summed E-state index contributed by atoms with van der Waals surface area (Å²) >= 11 is 3.06. The summed E-state index contributed by atoms with van der Waals surface area (Å²) in [7, 11) is 0. The predicted octanol–water partition coefficient (Wildman–Crippen LogP) is 4.68. The number of benzene rings is 2. The normalized spacial score (nSPS) is 10.2. The summed E-state index contributed by atoms with van der Waals surface area (Å²) in [4.78, 5) is 11.8. The van der Waals surface area contributed by atoms with Crippen LogP contribution in [0.4, 0.5) is 25.0 Å². The van der Waals surface area contributed by atoms with Crippen LogP contribution >= 0.6 is 15.9 Å². The Labute approximate surface area is 123 Å². The second-order valence-electron chi connectivity index (χ2n) is 4.17. The first-order valence-corrected chi connectivity index (χ1v) is 6.54. The zero-order valence-electron chi connectivity index (χ0n) is 10.5. The van der Waals surface area contributed by atoms with E-state index < -0.39 is 17.7 Å². The monoisotopic (exact) mass is 340 g/mol. The van der Waals surface area contributed by atoms with Gasteiger partial charge in [-0.2, -0.15) is 0 Å². The Morgan fingerprint density at radius 3 is 2.60 bits per heavy atom. The summed E-state index contributed by atoms with van der Waals surface area (Å²) < 4.78 is 26.7. The molecule has 0 radical (unpaired) electrons. The lowest BCUT2D eigenvalue weighted by Gasteiger charge is -2.10. The fourth-order valence-corrected chi connectivity index (χ4v) is 2.09. The molecule has 20 heavy (non-hydrogen) atoms. The van der Waals surface area contributed by atoms with E-state index in [0.29, 0.717) is 21.4 Å². The number of anilines is 2. The molecule has 0 heterocycles. The van der Waals surface area contributed by atoms with Crippen molar-refractivity contribution in [3.63, 3.8) is 0 Å². The average molecular weight is 341 g/mol. The van der Waals surface area contributed by atoms with Crippen LogP contribution in [0.3, 0.4) is 0 Å². The molecule has 0 fully saturated rings. The molecular weight excluding hydrogens is 330 g/mol. The van der Waals surface area contributed by atoms with Crippen LogP contribution in [0.1, 0.15) is 5.56 Å². The van der Waals surface area contributed by atoms with E-state index in [1.807, 2.05) is 0 Å². The molecule has 0 saturated carbocycles. The van der Waals surface area contributed by atoms with Gasteiger partial charge in [0.05, 0.1) is 4.47 Å². The molecular formula is C14H11BrF2N2O. The van der Waals surface area contributed by atoms with Crippen LogP contribution in [0.25, 0.3) is 0 Å². The molecule has 2 N–H and O–H groups in total. The number of hydrogen-bond acceptors (Lipinski definition) is 1. The van der Waals surface area contributed by atoms with E-state index in [9.17, 15) is 13.6 Å². The number of urea groups is 1. The van der Waals surface area contributed by atoms with Crippen LogP contribution in [0.5, 0.6) is 0 Å². The summed E-state index contributed by atoms with van der Waals surface area (Å²) in [5.74, 6) is -0.926. The molecule has 0 spiro atoms. The van der Waals surface area contributed by atoms with Crippen molar-refractivity contribution in [2.45, 2.75) is 6.92 Å². The van der Waals surface area contributed by atoms with Crippen molar-refractivity contribution in [3.05, 3.63) is 58.1 Å². The summed E-state index contributed by atoms with van der Waals surface area (Å²) in [5, 5.41) is 4.98. The van der Waals surface area contributed by atoms with Crippen LogP contribution in [0, 0.1) is 18.6 Å². The lowest BCUT2D eigenvalue weighted by Crippen LogP contribution is -2.20. The first kappa shape index (κ1) is 14.5. The fourth-order valence-electron chi connectivity index (χ4n) is 1.63. The van der Waals surface area contributed by atoms with E-state index >= 15 is 0 Å². The molecule has 2 aromatic carbocycles. The molecule has 0 bridgehead atoms. The van der Waals surface area contributed by atoms with Gasteiger partial charge in [-0.05, 0) is 58.7 Å². The van der Waals surface area contributed by atoms with Gasteiger partial charge >= 0.3 is 6.03 Å².